The zero-order valence-electron chi connectivity index (χ0n) is 19.4. The van der Waals surface area contributed by atoms with E-state index in [0.29, 0.717) is 0 Å². The van der Waals surface area contributed by atoms with Crippen molar-refractivity contribution in [3.8, 4) is 22.9 Å². The molecular formula is C30H18N4OS2. The number of thiophene rings is 2. The van der Waals surface area contributed by atoms with Gasteiger partial charge < -0.3 is 4.74 Å². The van der Waals surface area contributed by atoms with Crippen molar-refractivity contribution in [2.24, 2.45) is 0 Å². The Hall–Kier alpha value is -4.46. The minimum Gasteiger partial charge on any atom is -0.457 e. The van der Waals surface area contributed by atoms with E-state index in [1.807, 2.05) is 58.2 Å². The molecule has 176 valence electrons. The van der Waals surface area contributed by atoms with Crippen LogP contribution in [0.4, 0.5) is 0 Å². The molecule has 0 unspecified atom stereocenters. The first-order valence-corrected chi connectivity index (χ1v) is 13.5. The second kappa shape index (κ2) is 8.03. The molecule has 4 aromatic heterocycles. The van der Waals surface area contributed by atoms with Gasteiger partial charge in [-0.15, -0.1) is 22.7 Å². The molecule has 0 atom stereocenters. The Kier molecular flexibility index (Phi) is 4.49. The molecule has 0 N–H and O–H groups in total. The van der Waals surface area contributed by atoms with Crippen molar-refractivity contribution in [1.29, 1.82) is 0 Å². The van der Waals surface area contributed by atoms with Gasteiger partial charge in [-0.25, -0.2) is 9.36 Å². The summed E-state index contributed by atoms with van der Waals surface area (Å²) >= 11 is 3.53. The van der Waals surface area contributed by atoms with Crippen molar-refractivity contribution in [3.63, 3.8) is 0 Å². The lowest BCUT2D eigenvalue weighted by Gasteiger charge is -2.10. The van der Waals surface area contributed by atoms with Crippen molar-refractivity contribution >= 4 is 63.3 Å². The minimum atomic E-state index is 0.754. The Morgan fingerprint density at radius 2 is 1.00 bits per heavy atom. The van der Waals surface area contributed by atoms with Crippen molar-refractivity contribution in [2.45, 2.75) is 0 Å². The number of fused-ring (bicyclic) bond motifs is 6. The van der Waals surface area contributed by atoms with Crippen LogP contribution in [0.2, 0.25) is 0 Å². The van der Waals surface area contributed by atoms with Crippen molar-refractivity contribution < 1.29 is 4.74 Å². The summed E-state index contributed by atoms with van der Waals surface area (Å²) in [5.74, 6) is 1.51. The summed E-state index contributed by atoms with van der Waals surface area (Å²) in [6.45, 7) is 0. The number of ether oxygens (including phenoxy) is 1. The monoisotopic (exact) mass is 514 g/mol. The molecule has 0 spiro atoms. The molecule has 5 nitrogen and oxygen atoms in total. The number of hydrogen-bond acceptors (Lipinski definition) is 5. The lowest BCUT2D eigenvalue weighted by atomic mass is 10.2. The summed E-state index contributed by atoms with van der Waals surface area (Å²) in [5.41, 5.74) is 4.19. The topological polar surface area (TPSA) is 44.9 Å². The van der Waals surface area contributed by atoms with Gasteiger partial charge in [0.05, 0.1) is 44.2 Å². The summed E-state index contributed by atoms with van der Waals surface area (Å²) in [7, 11) is 0. The first-order valence-electron chi connectivity index (χ1n) is 11.9. The summed E-state index contributed by atoms with van der Waals surface area (Å²) < 4.78 is 15.2. The smallest absolute Gasteiger partial charge is 0.129 e. The van der Waals surface area contributed by atoms with E-state index in [2.05, 4.69) is 70.9 Å². The fraction of sp³-hybridized carbons (Fsp3) is 0. The van der Waals surface area contributed by atoms with E-state index >= 15 is 0 Å². The highest BCUT2D eigenvalue weighted by atomic mass is 32.1. The Morgan fingerprint density at radius 3 is 1.51 bits per heavy atom. The van der Waals surface area contributed by atoms with Gasteiger partial charge in [-0.05, 0) is 36.4 Å². The van der Waals surface area contributed by atoms with Gasteiger partial charge in [0.15, 0.2) is 0 Å². The SMILES string of the molecule is c1cc(Oc2cccc(-n3ncc4sc5ccccc5c43)c2)cc(-n2ncc3sc4ccccc4c32)c1. The molecule has 0 fully saturated rings. The summed E-state index contributed by atoms with van der Waals surface area (Å²) in [4.78, 5) is 0. The molecule has 0 saturated carbocycles. The quantitative estimate of drug-likeness (QED) is 0.236. The van der Waals surface area contributed by atoms with Crippen LogP contribution in [0.5, 0.6) is 11.5 Å². The van der Waals surface area contributed by atoms with Gasteiger partial charge >= 0.3 is 0 Å². The summed E-state index contributed by atoms with van der Waals surface area (Å²) in [6.07, 6.45) is 3.88. The van der Waals surface area contributed by atoms with Gasteiger partial charge in [-0.2, -0.15) is 10.2 Å². The molecule has 8 aromatic rings. The van der Waals surface area contributed by atoms with Crippen LogP contribution in [-0.4, -0.2) is 19.6 Å². The average Bonchev–Trinajstić information content (AvgIpc) is 3.69. The fourth-order valence-corrected chi connectivity index (χ4v) is 7.04. The van der Waals surface area contributed by atoms with Crippen LogP contribution >= 0.6 is 22.7 Å². The molecule has 4 aromatic carbocycles. The van der Waals surface area contributed by atoms with Crippen LogP contribution in [0.15, 0.2) is 109 Å². The van der Waals surface area contributed by atoms with Gasteiger partial charge in [0.1, 0.15) is 11.5 Å². The fourth-order valence-electron chi connectivity index (χ4n) is 4.93. The van der Waals surface area contributed by atoms with E-state index in [-0.39, 0.29) is 0 Å². The van der Waals surface area contributed by atoms with Crippen LogP contribution in [-0.2, 0) is 0 Å². The van der Waals surface area contributed by atoms with Crippen molar-refractivity contribution in [1.82, 2.24) is 19.6 Å². The summed E-state index contributed by atoms with van der Waals surface area (Å²) in [5, 5.41) is 11.8. The van der Waals surface area contributed by atoms with Crippen LogP contribution in [0, 0.1) is 0 Å². The molecule has 0 saturated heterocycles. The van der Waals surface area contributed by atoms with Gasteiger partial charge in [0, 0.05) is 32.3 Å². The number of aromatic nitrogens is 4. The zero-order chi connectivity index (χ0) is 24.3. The second-order valence-corrected chi connectivity index (χ2v) is 11.0. The molecule has 0 radical (unpaired) electrons. The first-order chi connectivity index (χ1) is 18.3. The second-order valence-electron chi connectivity index (χ2n) is 8.83. The number of nitrogens with zero attached hydrogens (tertiary/aromatic N) is 4. The highest BCUT2D eigenvalue weighted by molar-refractivity contribution is 7.26. The molecular weight excluding hydrogens is 496 g/mol. The highest BCUT2D eigenvalue weighted by Crippen LogP contribution is 2.37. The van der Waals surface area contributed by atoms with Crippen molar-refractivity contribution in [2.75, 3.05) is 0 Å². The van der Waals surface area contributed by atoms with E-state index in [9.17, 15) is 0 Å². The van der Waals surface area contributed by atoms with Crippen LogP contribution < -0.4 is 4.74 Å². The predicted molar refractivity (Wildman–Crippen MR) is 153 cm³/mol. The Labute approximate surface area is 219 Å². The molecule has 7 heteroatoms. The highest BCUT2D eigenvalue weighted by Gasteiger charge is 2.14. The lowest BCUT2D eigenvalue weighted by molar-refractivity contribution is 0.482. The average molecular weight is 515 g/mol. The third-order valence-electron chi connectivity index (χ3n) is 6.56. The lowest BCUT2D eigenvalue weighted by Crippen LogP contribution is -1.97. The van der Waals surface area contributed by atoms with Crippen LogP contribution in [0.25, 0.3) is 52.0 Å². The predicted octanol–water partition coefficient (Wildman–Crippen LogP) is 8.59. The van der Waals surface area contributed by atoms with Crippen LogP contribution in [0.3, 0.4) is 0 Å². The molecule has 8 rings (SSSR count). The standard InChI is InChI=1S/C30H18N4OS2/c1-3-13-25-23(11-1)29-27(36-25)17-31-33(29)19-7-5-9-21(15-19)35-22-10-6-8-20(16-22)34-30-24-12-2-4-14-26(24)37-28(30)18-32-34/h1-18H. The third-order valence-corrected chi connectivity index (χ3v) is 8.74. The third kappa shape index (κ3) is 3.28. The maximum atomic E-state index is 6.34. The zero-order valence-corrected chi connectivity index (χ0v) is 21.0. The molecule has 0 aliphatic heterocycles. The Morgan fingerprint density at radius 1 is 0.514 bits per heavy atom. The van der Waals surface area contributed by atoms with Gasteiger partial charge in [-0.1, -0.05) is 48.5 Å². The van der Waals surface area contributed by atoms with Crippen molar-refractivity contribution in [3.05, 3.63) is 109 Å². The van der Waals surface area contributed by atoms with E-state index in [1.54, 1.807) is 22.7 Å². The van der Waals surface area contributed by atoms with E-state index < -0.39 is 0 Å². The maximum absolute atomic E-state index is 6.34. The first kappa shape index (κ1) is 20.7. The molecule has 37 heavy (non-hydrogen) atoms. The minimum absolute atomic E-state index is 0.754. The van der Waals surface area contributed by atoms with E-state index in [4.69, 9.17) is 4.74 Å². The molecule has 0 aliphatic rings. The van der Waals surface area contributed by atoms with E-state index in [1.165, 1.54) is 29.6 Å². The number of rotatable bonds is 4. The van der Waals surface area contributed by atoms with Gasteiger partial charge in [0.2, 0.25) is 0 Å². The number of hydrogen-bond donors (Lipinski definition) is 0. The number of benzene rings is 4. The normalized spacial score (nSPS) is 11.8. The molecule has 4 heterocycles. The Balaban J connectivity index is 1.17. The van der Waals surface area contributed by atoms with Gasteiger partial charge in [-0.3, -0.25) is 0 Å². The Bertz CT molecular complexity index is 1950. The largest absolute Gasteiger partial charge is 0.457 e. The summed E-state index contributed by atoms with van der Waals surface area (Å²) in [6, 6.07) is 33.1. The van der Waals surface area contributed by atoms with Gasteiger partial charge in [0.25, 0.3) is 0 Å². The molecule has 0 aliphatic carbocycles. The molecule has 0 amide bonds. The van der Waals surface area contributed by atoms with Crippen LogP contribution in [0.1, 0.15) is 0 Å². The molecule has 0 bridgehead atoms. The maximum Gasteiger partial charge on any atom is 0.129 e. The van der Waals surface area contributed by atoms with E-state index in [0.717, 1.165) is 33.9 Å².